The van der Waals surface area contributed by atoms with Crippen LogP contribution < -0.4 is 4.74 Å². The van der Waals surface area contributed by atoms with E-state index in [0.29, 0.717) is 0 Å². The zero-order valence-corrected chi connectivity index (χ0v) is 15.9. The highest BCUT2D eigenvalue weighted by Crippen LogP contribution is 2.25. The van der Waals surface area contributed by atoms with Gasteiger partial charge in [0.1, 0.15) is 5.75 Å². The Morgan fingerprint density at radius 3 is 2.23 bits per heavy atom. The molecule has 0 saturated carbocycles. The van der Waals surface area contributed by atoms with Crippen LogP contribution >= 0.6 is 0 Å². The van der Waals surface area contributed by atoms with Gasteiger partial charge in [-0.2, -0.15) is 0 Å². The molecule has 0 spiro atoms. The minimum atomic E-state index is -0.119. The molecule has 1 atom stereocenters. The summed E-state index contributed by atoms with van der Waals surface area (Å²) in [5.74, 6) is 0.882. The van der Waals surface area contributed by atoms with Crippen LogP contribution in [0.3, 0.4) is 0 Å². The molecule has 138 valence electrons. The highest BCUT2D eigenvalue weighted by Gasteiger charge is 2.25. The molecule has 0 N–H and O–H groups in total. The van der Waals surface area contributed by atoms with Crippen LogP contribution in [-0.2, 0) is 0 Å². The number of hydrogen-bond acceptors (Lipinski definition) is 3. The van der Waals surface area contributed by atoms with Crippen LogP contribution in [0.4, 0.5) is 0 Å². The second kappa shape index (κ2) is 9.00. The van der Waals surface area contributed by atoms with E-state index in [1.54, 1.807) is 0 Å². The average molecular weight is 351 g/mol. The van der Waals surface area contributed by atoms with E-state index >= 15 is 0 Å². The van der Waals surface area contributed by atoms with E-state index in [9.17, 15) is 4.79 Å². The number of hydrogen-bond donors (Lipinski definition) is 0. The molecule has 3 nitrogen and oxygen atoms in total. The molecule has 1 aliphatic heterocycles. The lowest BCUT2D eigenvalue weighted by Gasteiger charge is -2.30. The molecular formula is C23H29NO2. The van der Waals surface area contributed by atoms with Gasteiger partial charge in [-0.15, -0.1) is 0 Å². The molecule has 1 unspecified atom stereocenters. The Morgan fingerprint density at radius 2 is 1.62 bits per heavy atom. The second-order valence-electron chi connectivity index (χ2n) is 7.38. The first-order chi connectivity index (χ1) is 12.6. The molecule has 0 bridgehead atoms. The number of carbonyl (C=O) groups excluding carboxylic acids is 1. The first-order valence-electron chi connectivity index (χ1n) is 9.71. The number of likely N-dealkylation sites (tertiary alicyclic amines) is 1. The molecule has 0 amide bonds. The predicted molar refractivity (Wildman–Crippen MR) is 106 cm³/mol. The van der Waals surface area contributed by atoms with Crippen molar-refractivity contribution in [1.29, 1.82) is 0 Å². The molecule has 2 aromatic carbocycles. The third kappa shape index (κ3) is 4.95. The van der Waals surface area contributed by atoms with Crippen LogP contribution in [0.5, 0.6) is 5.75 Å². The van der Waals surface area contributed by atoms with Crippen molar-refractivity contribution in [2.75, 3.05) is 19.6 Å². The zero-order valence-electron chi connectivity index (χ0n) is 15.9. The second-order valence-corrected chi connectivity index (χ2v) is 7.38. The summed E-state index contributed by atoms with van der Waals surface area (Å²) in [4.78, 5) is 15.7. The van der Waals surface area contributed by atoms with Crippen molar-refractivity contribution < 1.29 is 9.53 Å². The van der Waals surface area contributed by atoms with Gasteiger partial charge in [0.15, 0.2) is 5.78 Å². The Hall–Kier alpha value is -2.13. The number of ether oxygens (including phenoxy) is 1. The number of carbonyl (C=O) groups is 1. The largest absolute Gasteiger partial charge is 0.491 e. The van der Waals surface area contributed by atoms with Crippen LogP contribution in [0, 0.1) is 0 Å². The summed E-state index contributed by atoms with van der Waals surface area (Å²) in [6, 6.07) is 17.8. The standard InChI is InChI=1S/C23H29NO2/c1-18(2)26-21-13-11-20(12-14-21)23(25)22(19-9-5-3-6-10-19)17-24-15-7-4-8-16-24/h3,5-6,9-14,18,22H,4,7-8,15-17H2,1-2H3. The zero-order chi connectivity index (χ0) is 18.4. The quantitative estimate of drug-likeness (QED) is 0.663. The molecule has 0 aliphatic carbocycles. The predicted octanol–water partition coefficient (Wildman–Crippen LogP) is 4.93. The van der Waals surface area contributed by atoms with Crippen molar-refractivity contribution >= 4 is 5.78 Å². The lowest BCUT2D eigenvalue weighted by atomic mass is 9.89. The lowest BCUT2D eigenvalue weighted by Crippen LogP contribution is -2.35. The Kier molecular flexibility index (Phi) is 6.45. The number of nitrogens with zero attached hydrogens (tertiary/aromatic N) is 1. The van der Waals surface area contributed by atoms with Crippen molar-refractivity contribution in [3.8, 4) is 5.75 Å². The smallest absolute Gasteiger partial charge is 0.171 e. The van der Waals surface area contributed by atoms with E-state index in [-0.39, 0.29) is 17.8 Å². The van der Waals surface area contributed by atoms with Gasteiger partial charge in [0.25, 0.3) is 0 Å². The fourth-order valence-corrected chi connectivity index (χ4v) is 3.60. The summed E-state index contributed by atoms with van der Waals surface area (Å²) in [5.41, 5.74) is 1.86. The number of piperidine rings is 1. The summed E-state index contributed by atoms with van der Waals surface area (Å²) in [6.07, 6.45) is 3.90. The van der Waals surface area contributed by atoms with Gasteiger partial charge >= 0.3 is 0 Å². The molecule has 0 aromatic heterocycles. The van der Waals surface area contributed by atoms with E-state index in [0.717, 1.165) is 36.5 Å². The lowest BCUT2D eigenvalue weighted by molar-refractivity contribution is 0.0925. The Morgan fingerprint density at radius 1 is 0.962 bits per heavy atom. The third-order valence-corrected chi connectivity index (χ3v) is 4.92. The first kappa shape index (κ1) is 18.7. The normalized spacial score (nSPS) is 16.4. The summed E-state index contributed by atoms with van der Waals surface area (Å²) in [6.45, 7) is 6.99. The molecule has 26 heavy (non-hydrogen) atoms. The fourth-order valence-electron chi connectivity index (χ4n) is 3.60. The molecule has 1 fully saturated rings. The molecule has 0 radical (unpaired) electrons. The minimum Gasteiger partial charge on any atom is -0.491 e. The van der Waals surface area contributed by atoms with Gasteiger partial charge in [0.2, 0.25) is 0 Å². The average Bonchev–Trinajstić information content (AvgIpc) is 2.67. The number of benzene rings is 2. The summed E-state index contributed by atoms with van der Waals surface area (Å²) in [5, 5.41) is 0. The SMILES string of the molecule is CC(C)Oc1ccc(C(=O)C(CN2CCCCC2)c2ccccc2)cc1. The first-order valence-corrected chi connectivity index (χ1v) is 9.71. The van der Waals surface area contributed by atoms with E-state index in [2.05, 4.69) is 17.0 Å². The van der Waals surface area contributed by atoms with Crippen LogP contribution in [-0.4, -0.2) is 36.4 Å². The van der Waals surface area contributed by atoms with Gasteiger partial charge in [0.05, 0.1) is 12.0 Å². The summed E-state index contributed by atoms with van der Waals surface area (Å²) < 4.78 is 5.70. The maximum Gasteiger partial charge on any atom is 0.171 e. The van der Waals surface area contributed by atoms with Crippen molar-refractivity contribution in [3.05, 3.63) is 65.7 Å². The molecule has 1 aliphatic rings. The van der Waals surface area contributed by atoms with Crippen LogP contribution in [0.25, 0.3) is 0 Å². The van der Waals surface area contributed by atoms with Crippen molar-refractivity contribution in [3.63, 3.8) is 0 Å². The summed E-state index contributed by atoms with van der Waals surface area (Å²) >= 11 is 0. The maximum atomic E-state index is 13.3. The molecule has 3 heteroatoms. The van der Waals surface area contributed by atoms with Gasteiger partial charge in [0, 0.05) is 12.1 Å². The van der Waals surface area contributed by atoms with Crippen LogP contribution in [0.2, 0.25) is 0 Å². The Labute approximate surface area is 157 Å². The van der Waals surface area contributed by atoms with Crippen molar-refractivity contribution in [2.24, 2.45) is 0 Å². The number of Topliss-reactive ketones (excluding diaryl/α,β-unsaturated/α-hetero) is 1. The van der Waals surface area contributed by atoms with Gasteiger partial charge in [-0.25, -0.2) is 0 Å². The molecule has 3 rings (SSSR count). The van der Waals surface area contributed by atoms with Gasteiger partial charge in [-0.1, -0.05) is 36.8 Å². The highest BCUT2D eigenvalue weighted by molar-refractivity contribution is 6.01. The molecular weight excluding hydrogens is 322 g/mol. The van der Waals surface area contributed by atoms with E-state index in [1.165, 1.54) is 19.3 Å². The summed E-state index contributed by atoms with van der Waals surface area (Å²) in [7, 11) is 0. The molecule has 2 aromatic rings. The van der Waals surface area contributed by atoms with E-state index < -0.39 is 0 Å². The molecule has 1 heterocycles. The molecule has 1 saturated heterocycles. The van der Waals surface area contributed by atoms with E-state index in [4.69, 9.17) is 4.74 Å². The third-order valence-electron chi connectivity index (χ3n) is 4.92. The number of ketones is 1. The van der Waals surface area contributed by atoms with E-state index in [1.807, 2.05) is 56.3 Å². The van der Waals surface area contributed by atoms with Crippen molar-refractivity contribution in [2.45, 2.75) is 45.1 Å². The maximum absolute atomic E-state index is 13.3. The van der Waals surface area contributed by atoms with Gasteiger partial charge < -0.3 is 9.64 Å². The highest BCUT2D eigenvalue weighted by atomic mass is 16.5. The Bertz CT molecular complexity index is 688. The minimum absolute atomic E-state index is 0.119. The van der Waals surface area contributed by atoms with Gasteiger partial charge in [-0.05, 0) is 69.6 Å². The fraction of sp³-hybridized carbons (Fsp3) is 0.435. The number of rotatable bonds is 7. The van der Waals surface area contributed by atoms with Gasteiger partial charge in [-0.3, -0.25) is 4.79 Å². The van der Waals surface area contributed by atoms with Crippen molar-refractivity contribution in [1.82, 2.24) is 4.90 Å². The van der Waals surface area contributed by atoms with Crippen LogP contribution in [0.1, 0.15) is 54.9 Å². The van der Waals surface area contributed by atoms with Crippen LogP contribution in [0.15, 0.2) is 54.6 Å². The Balaban J connectivity index is 1.79. The topological polar surface area (TPSA) is 29.5 Å². The monoisotopic (exact) mass is 351 g/mol.